The molecule has 50 valence electrons. The van der Waals surface area contributed by atoms with E-state index in [0.29, 0.717) is 19.0 Å². The van der Waals surface area contributed by atoms with Crippen molar-refractivity contribution in [3.63, 3.8) is 0 Å². The molecule has 1 rings (SSSR count). The SMILES string of the molecule is O=C(Cl)OC1=CCOC1. The van der Waals surface area contributed by atoms with E-state index in [9.17, 15) is 4.79 Å². The first-order valence-corrected chi connectivity index (χ1v) is 2.81. The van der Waals surface area contributed by atoms with Crippen molar-refractivity contribution in [3.8, 4) is 0 Å². The van der Waals surface area contributed by atoms with Gasteiger partial charge in [0.1, 0.15) is 12.4 Å². The molecule has 0 bridgehead atoms. The number of ether oxygens (including phenoxy) is 2. The van der Waals surface area contributed by atoms with Crippen molar-refractivity contribution in [2.75, 3.05) is 13.2 Å². The molecule has 3 nitrogen and oxygen atoms in total. The topological polar surface area (TPSA) is 35.5 Å². The summed E-state index contributed by atoms with van der Waals surface area (Å²) in [7, 11) is 0. The van der Waals surface area contributed by atoms with Crippen LogP contribution in [0.4, 0.5) is 4.79 Å². The van der Waals surface area contributed by atoms with Crippen LogP contribution in [0.5, 0.6) is 0 Å². The lowest BCUT2D eigenvalue weighted by atomic mass is 10.5. The Morgan fingerprint density at radius 2 is 2.67 bits per heavy atom. The molecule has 0 aromatic heterocycles. The first-order chi connectivity index (χ1) is 4.29. The average molecular weight is 149 g/mol. The molecule has 4 heteroatoms. The van der Waals surface area contributed by atoms with Crippen molar-refractivity contribution in [2.24, 2.45) is 0 Å². The van der Waals surface area contributed by atoms with Gasteiger partial charge in [-0.15, -0.1) is 0 Å². The van der Waals surface area contributed by atoms with Crippen LogP contribution in [0, 0.1) is 0 Å². The lowest BCUT2D eigenvalue weighted by molar-refractivity contribution is 0.163. The second-order valence-electron chi connectivity index (χ2n) is 1.53. The lowest BCUT2D eigenvalue weighted by Gasteiger charge is -1.95. The van der Waals surface area contributed by atoms with E-state index in [-0.39, 0.29) is 0 Å². The third-order valence-electron chi connectivity index (χ3n) is 0.885. The Labute approximate surface area is 57.2 Å². The zero-order valence-corrected chi connectivity index (χ0v) is 5.35. The number of hydrogen-bond acceptors (Lipinski definition) is 3. The van der Waals surface area contributed by atoms with Gasteiger partial charge < -0.3 is 9.47 Å². The molecule has 0 aliphatic carbocycles. The van der Waals surface area contributed by atoms with Crippen LogP contribution in [0.2, 0.25) is 0 Å². The molecule has 0 amide bonds. The maximum Gasteiger partial charge on any atom is 0.408 e. The molecule has 1 aliphatic rings. The van der Waals surface area contributed by atoms with Gasteiger partial charge in [0.05, 0.1) is 6.61 Å². The van der Waals surface area contributed by atoms with Crippen molar-refractivity contribution in [1.82, 2.24) is 0 Å². The summed E-state index contributed by atoms with van der Waals surface area (Å²) >= 11 is 4.90. The number of carbonyl (C=O) groups is 1. The van der Waals surface area contributed by atoms with Crippen molar-refractivity contribution in [1.29, 1.82) is 0 Å². The molecule has 0 N–H and O–H groups in total. The monoisotopic (exact) mass is 148 g/mol. The summed E-state index contributed by atoms with van der Waals surface area (Å²) < 4.78 is 9.30. The summed E-state index contributed by atoms with van der Waals surface area (Å²) in [5, 5.41) is 0. The number of hydrogen-bond donors (Lipinski definition) is 0. The molecular formula is C5H5ClO3. The van der Waals surface area contributed by atoms with Crippen LogP contribution in [-0.4, -0.2) is 18.6 Å². The molecule has 0 unspecified atom stereocenters. The summed E-state index contributed by atoms with van der Waals surface area (Å²) in [6, 6.07) is 0. The van der Waals surface area contributed by atoms with Gasteiger partial charge in [0.2, 0.25) is 0 Å². The van der Waals surface area contributed by atoms with Crippen LogP contribution in [-0.2, 0) is 9.47 Å². The Kier molecular flexibility index (Phi) is 2.08. The minimum Gasteiger partial charge on any atom is -0.417 e. The van der Waals surface area contributed by atoms with E-state index in [1.54, 1.807) is 6.08 Å². The van der Waals surface area contributed by atoms with Gasteiger partial charge in [-0.05, 0) is 6.08 Å². The molecule has 0 saturated carbocycles. The normalized spacial score (nSPS) is 17.2. The molecular weight excluding hydrogens is 144 g/mol. The van der Waals surface area contributed by atoms with E-state index in [4.69, 9.17) is 16.3 Å². The van der Waals surface area contributed by atoms with Crippen molar-refractivity contribution < 1.29 is 14.3 Å². The largest absolute Gasteiger partial charge is 0.417 e. The first-order valence-electron chi connectivity index (χ1n) is 2.43. The van der Waals surface area contributed by atoms with Crippen molar-refractivity contribution in [3.05, 3.63) is 11.8 Å². The van der Waals surface area contributed by atoms with Gasteiger partial charge in [0.25, 0.3) is 0 Å². The van der Waals surface area contributed by atoms with E-state index >= 15 is 0 Å². The van der Waals surface area contributed by atoms with Gasteiger partial charge in [0, 0.05) is 11.6 Å². The molecule has 0 atom stereocenters. The summed E-state index contributed by atoms with van der Waals surface area (Å²) in [6.07, 6.45) is 1.67. The van der Waals surface area contributed by atoms with E-state index in [1.165, 1.54) is 0 Å². The summed E-state index contributed by atoms with van der Waals surface area (Å²) in [5.41, 5.74) is -0.813. The Balaban J connectivity index is 2.35. The van der Waals surface area contributed by atoms with Gasteiger partial charge >= 0.3 is 5.43 Å². The molecule has 0 aromatic carbocycles. The second kappa shape index (κ2) is 2.85. The van der Waals surface area contributed by atoms with Crippen LogP contribution in [0.25, 0.3) is 0 Å². The fraction of sp³-hybridized carbons (Fsp3) is 0.400. The van der Waals surface area contributed by atoms with Gasteiger partial charge in [-0.2, -0.15) is 0 Å². The summed E-state index contributed by atoms with van der Waals surface area (Å²) in [4.78, 5) is 10.0. The zero-order chi connectivity index (χ0) is 6.69. The van der Waals surface area contributed by atoms with Crippen molar-refractivity contribution >= 4 is 17.0 Å². The highest BCUT2D eigenvalue weighted by molar-refractivity contribution is 6.61. The molecule has 0 aromatic rings. The predicted molar refractivity (Wildman–Crippen MR) is 31.2 cm³/mol. The van der Waals surface area contributed by atoms with Crippen LogP contribution in [0.1, 0.15) is 0 Å². The van der Waals surface area contributed by atoms with Gasteiger partial charge in [-0.25, -0.2) is 4.79 Å². The van der Waals surface area contributed by atoms with Crippen LogP contribution in [0.3, 0.4) is 0 Å². The quantitative estimate of drug-likeness (QED) is 0.526. The second-order valence-corrected chi connectivity index (χ2v) is 1.83. The Morgan fingerprint density at radius 3 is 3.11 bits per heavy atom. The minimum atomic E-state index is -0.813. The number of halogens is 1. The number of rotatable bonds is 1. The maximum atomic E-state index is 10.0. The Morgan fingerprint density at radius 1 is 1.89 bits per heavy atom. The van der Waals surface area contributed by atoms with E-state index in [0.717, 1.165) is 0 Å². The van der Waals surface area contributed by atoms with E-state index in [1.807, 2.05) is 0 Å². The first kappa shape index (κ1) is 6.58. The fourth-order valence-corrected chi connectivity index (χ4v) is 0.644. The highest BCUT2D eigenvalue weighted by Gasteiger charge is 2.07. The molecule has 1 aliphatic heterocycles. The standard InChI is InChI=1S/C5H5ClO3/c6-5(7)9-4-1-2-8-3-4/h1H,2-3H2. The minimum absolute atomic E-state index is 0.346. The van der Waals surface area contributed by atoms with E-state index in [2.05, 4.69) is 4.74 Å². The number of carbonyl (C=O) groups excluding carboxylic acids is 1. The summed E-state index contributed by atoms with van der Waals surface area (Å²) in [5.74, 6) is 0.495. The molecule has 9 heavy (non-hydrogen) atoms. The van der Waals surface area contributed by atoms with Gasteiger partial charge in [-0.3, -0.25) is 0 Å². The molecule has 0 saturated heterocycles. The van der Waals surface area contributed by atoms with Gasteiger partial charge in [-0.1, -0.05) is 0 Å². The highest BCUT2D eigenvalue weighted by Crippen LogP contribution is 2.07. The zero-order valence-electron chi connectivity index (χ0n) is 4.59. The maximum absolute atomic E-state index is 10.0. The average Bonchev–Trinajstić information content (AvgIpc) is 2.15. The molecule has 1 heterocycles. The molecule has 0 fully saturated rings. The fourth-order valence-electron chi connectivity index (χ4n) is 0.545. The third-order valence-corrected chi connectivity index (χ3v) is 0.962. The predicted octanol–water partition coefficient (Wildman–Crippen LogP) is 1.28. The summed E-state index contributed by atoms with van der Waals surface area (Å²) in [6.45, 7) is 0.845. The van der Waals surface area contributed by atoms with Crippen molar-refractivity contribution in [2.45, 2.75) is 0 Å². The van der Waals surface area contributed by atoms with Crippen LogP contribution in [0.15, 0.2) is 11.8 Å². The smallest absolute Gasteiger partial charge is 0.408 e. The Hall–Kier alpha value is -0.540. The van der Waals surface area contributed by atoms with Crippen LogP contribution < -0.4 is 0 Å². The highest BCUT2D eigenvalue weighted by atomic mass is 35.5. The molecule has 0 radical (unpaired) electrons. The Bertz CT molecular complexity index is 152. The van der Waals surface area contributed by atoms with Crippen LogP contribution >= 0.6 is 11.6 Å². The molecule has 0 spiro atoms. The van der Waals surface area contributed by atoms with Gasteiger partial charge in [0.15, 0.2) is 0 Å². The lowest BCUT2D eigenvalue weighted by Crippen LogP contribution is -1.95. The third kappa shape index (κ3) is 2.03. The van der Waals surface area contributed by atoms with E-state index < -0.39 is 5.43 Å².